The Bertz CT molecular complexity index is 894. The minimum Gasteiger partial charge on any atom is -0.508 e. The first-order chi connectivity index (χ1) is 10.4. The average Bonchev–Trinajstić information content (AvgIpc) is 2.76. The van der Waals surface area contributed by atoms with Gasteiger partial charge in [0, 0.05) is 5.56 Å². The minimum absolute atomic E-state index is 0.0757. The Morgan fingerprint density at radius 1 is 1.09 bits per heavy atom. The van der Waals surface area contributed by atoms with Gasteiger partial charge in [-0.25, -0.2) is 4.79 Å². The van der Waals surface area contributed by atoms with Crippen molar-refractivity contribution in [3.63, 3.8) is 0 Å². The highest BCUT2D eigenvalue weighted by molar-refractivity contribution is 5.79. The molecule has 2 aromatic carbocycles. The lowest BCUT2D eigenvalue weighted by atomic mass is 10.1. The molecule has 0 amide bonds. The van der Waals surface area contributed by atoms with Crippen LogP contribution in [0, 0.1) is 0 Å². The monoisotopic (exact) mass is 308 g/mol. The largest absolute Gasteiger partial charge is 0.508 e. The Morgan fingerprint density at radius 3 is 2.50 bits per heavy atom. The third kappa shape index (κ3) is 2.34. The first-order valence-electron chi connectivity index (χ1n) is 6.43. The standard InChI is InChI=1S/C15H11F3N2O2/c16-15(17,18)10-5-3-6-11-13(10)20(14(22)19-11)8-9-4-1-2-7-12(9)21/h1-7,21H,8H2,(H,19,22). The van der Waals surface area contributed by atoms with Gasteiger partial charge in [0.1, 0.15) is 5.75 Å². The lowest BCUT2D eigenvalue weighted by Crippen LogP contribution is -2.19. The zero-order chi connectivity index (χ0) is 15.9. The fourth-order valence-electron chi connectivity index (χ4n) is 2.41. The number of H-pyrrole nitrogens is 1. The Kier molecular flexibility index (Phi) is 3.20. The number of imidazole rings is 1. The van der Waals surface area contributed by atoms with Crippen molar-refractivity contribution >= 4 is 11.0 Å². The van der Waals surface area contributed by atoms with Crippen LogP contribution in [0.15, 0.2) is 47.3 Å². The van der Waals surface area contributed by atoms with Crippen molar-refractivity contribution in [3.05, 3.63) is 64.1 Å². The highest BCUT2D eigenvalue weighted by Crippen LogP contribution is 2.34. The number of alkyl halides is 3. The molecular formula is C15H11F3N2O2. The number of hydrogen-bond donors (Lipinski definition) is 2. The fourth-order valence-corrected chi connectivity index (χ4v) is 2.41. The molecule has 0 aliphatic carbocycles. The van der Waals surface area contributed by atoms with Crippen LogP contribution in [-0.2, 0) is 12.7 Å². The molecule has 3 rings (SSSR count). The van der Waals surface area contributed by atoms with Gasteiger partial charge in [-0.05, 0) is 18.2 Å². The Morgan fingerprint density at radius 2 is 1.82 bits per heavy atom. The second-order valence-electron chi connectivity index (χ2n) is 4.84. The van der Waals surface area contributed by atoms with Gasteiger partial charge in [-0.1, -0.05) is 24.3 Å². The van der Waals surface area contributed by atoms with E-state index in [-0.39, 0.29) is 23.3 Å². The number of benzene rings is 2. The SMILES string of the molecule is O=c1[nH]c2cccc(C(F)(F)F)c2n1Cc1ccccc1O. The molecule has 0 aliphatic heterocycles. The zero-order valence-corrected chi connectivity index (χ0v) is 11.2. The molecule has 0 fully saturated rings. The van der Waals surface area contributed by atoms with E-state index in [2.05, 4.69) is 4.98 Å². The molecule has 2 N–H and O–H groups in total. The summed E-state index contributed by atoms with van der Waals surface area (Å²) < 4.78 is 40.4. The van der Waals surface area contributed by atoms with Gasteiger partial charge in [0.2, 0.25) is 0 Å². The van der Waals surface area contributed by atoms with E-state index < -0.39 is 17.4 Å². The number of fused-ring (bicyclic) bond motifs is 1. The second kappa shape index (κ2) is 4.94. The molecule has 7 heteroatoms. The number of para-hydroxylation sites is 2. The van der Waals surface area contributed by atoms with Gasteiger partial charge in [-0.3, -0.25) is 4.57 Å². The summed E-state index contributed by atoms with van der Waals surface area (Å²) in [5, 5.41) is 9.75. The summed E-state index contributed by atoms with van der Waals surface area (Å²) >= 11 is 0. The highest BCUT2D eigenvalue weighted by Gasteiger charge is 2.34. The number of nitrogens with zero attached hydrogens (tertiary/aromatic N) is 1. The lowest BCUT2D eigenvalue weighted by molar-refractivity contribution is -0.136. The highest BCUT2D eigenvalue weighted by atomic mass is 19.4. The molecule has 0 spiro atoms. The van der Waals surface area contributed by atoms with Crippen molar-refractivity contribution in [2.45, 2.75) is 12.7 Å². The van der Waals surface area contributed by atoms with Gasteiger partial charge < -0.3 is 10.1 Å². The quantitative estimate of drug-likeness (QED) is 0.764. The maximum atomic E-state index is 13.1. The number of aromatic amines is 1. The topological polar surface area (TPSA) is 58.0 Å². The van der Waals surface area contributed by atoms with Gasteiger partial charge in [-0.15, -0.1) is 0 Å². The first kappa shape index (κ1) is 14.2. The molecule has 0 saturated heterocycles. The summed E-state index contributed by atoms with van der Waals surface area (Å²) in [5.74, 6) is -0.0757. The first-order valence-corrected chi connectivity index (χ1v) is 6.43. The van der Waals surface area contributed by atoms with E-state index in [0.29, 0.717) is 5.56 Å². The third-order valence-electron chi connectivity index (χ3n) is 3.42. The number of phenolic OH excluding ortho intramolecular Hbond substituents is 1. The smallest absolute Gasteiger partial charge is 0.418 e. The number of rotatable bonds is 2. The van der Waals surface area contributed by atoms with E-state index >= 15 is 0 Å². The Hall–Kier alpha value is -2.70. The molecule has 0 saturated carbocycles. The molecule has 22 heavy (non-hydrogen) atoms. The Balaban J connectivity index is 2.24. The molecule has 4 nitrogen and oxygen atoms in total. The maximum absolute atomic E-state index is 13.1. The molecule has 3 aromatic rings. The van der Waals surface area contributed by atoms with E-state index in [1.165, 1.54) is 18.2 Å². The summed E-state index contributed by atoms with van der Waals surface area (Å²) in [5.41, 5.74) is -1.30. The fraction of sp³-hybridized carbons (Fsp3) is 0.133. The third-order valence-corrected chi connectivity index (χ3v) is 3.42. The van der Waals surface area contributed by atoms with Crippen LogP contribution in [-0.4, -0.2) is 14.7 Å². The molecule has 0 radical (unpaired) electrons. The number of halogens is 3. The van der Waals surface area contributed by atoms with Crippen molar-refractivity contribution in [3.8, 4) is 5.75 Å². The molecule has 0 unspecified atom stereocenters. The molecule has 1 aromatic heterocycles. The van der Waals surface area contributed by atoms with Crippen LogP contribution < -0.4 is 5.69 Å². The van der Waals surface area contributed by atoms with Gasteiger partial charge in [-0.2, -0.15) is 13.2 Å². The minimum atomic E-state index is -4.57. The zero-order valence-electron chi connectivity index (χ0n) is 11.2. The molecule has 1 heterocycles. The summed E-state index contributed by atoms with van der Waals surface area (Å²) in [6, 6.07) is 9.78. The lowest BCUT2D eigenvalue weighted by Gasteiger charge is -2.11. The van der Waals surface area contributed by atoms with Crippen molar-refractivity contribution in [2.75, 3.05) is 0 Å². The van der Waals surface area contributed by atoms with Crippen LogP contribution >= 0.6 is 0 Å². The van der Waals surface area contributed by atoms with E-state index in [4.69, 9.17) is 0 Å². The number of hydrogen-bond acceptors (Lipinski definition) is 2. The molecule has 0 atom stereocenters. The predicted molar refractivity (Wildman–Crippen MR) is 74.8 cm³/mol. The van der Waals surface area contributed by atoms with Crippen LogP contribution in [0.1, 0.15) is 11.1 Å². The molecule has 0 aliphatic rings. The van der Waals surface area contributed by atoms with Crippen LogP contribution in [0.3, 0.4) is 0 Å². The van der Waals surface area contributed by atoms with Crippen LogP contribution in [0.5, 0.6) is 5.75 Å². The van der Waals surface area contributed by atoms with Crippen molar-refractivity contribution in [1.82, 2.24) is 9.55 Å². The average molecular weight is 308 g/mol. The van der Waals surface area contributed by atoms with Crippen LogP contribution in [0.2, 0.25) is 0 Å². The van der Waals surface area contributed by atoms with Crippen molar-refractivity contribution in [1.29, 1.82) is 0 Å². The van der Waals surface area contributed by atoms with E-state index in [9.17, 15) is 23.1 Å². The summed E-state index contributed by atoms with van der Waals surface area (Å²) in [4.78, 5) is 14.4. The molecule has 0 bridgehead atoms. The van der Waals surface area contributed by atoms with Gasteiger partial charge in [0.15, 0.2) is 0 Å². The Labute approximate surface area is 122 Å². The predicted octanol–water partition coefficient (Wildman–Crippen LogP) is 3.10. The normalized spacial score (nSPS) is 12.0. The van der Waals surface area contributed by atoms with E-state index in [1.807, 2.05) is 0 Å². The van der Waals surface area contributed by atoms with Crippen LogP contribution in [0.25, 0.3) is 11.0 Å². The number of aromatic hydroxyl groups is 1. The number of phenols is 1. The maximum Gasteiger partial charge on any atom is 0.418 e. The van der Waals surface area contributed by atoms with Crippen molar-refractivity contribution < 1.29 is 18.3 Å². The second-order valence-corrected chi connectivity index (χ2v) is 4.84. The van der Waals surface area contributed by atoms with Gasteiger partial charge in [0.25, 0.3) is 0 Å². The molecule has 114 valence electrons. The van der Waals surface area contributed by atoms with Gasteiger partial charge >= 0.3 is 11.9 Å². The van der Waals surface area contributed by atoms with E-state index in [1.54, 1.807) is 18.2 Å². The summed E-state index contributed by atoms with van der Waals surface area (Å²) in [7, 11) is 0. The van der Waals surface area contributed by atoms with E-state index in [0.717, 1.165) is 10.6 Å². The van der Waals surface area contributed by atoms with Gasteiger partial charge in [0.05, 0.1) is 23.1 Å². The number of aromatic nitrogens is 2. The number of nitrogens with one attached hydrogen (secondary N) is 1. The summed E-state index contributed by atoms with van der Waals surface area (Å²) in [6.07, 6.45) is -4.57. The summed E-state index contributed by atoms with van der Waals surface area (Å²) in [6.45, 7) is -0.154. The van der Waals surface area contributed by atoms with Crippen LogP contribution in [0.4, 0.5) is 13.2 Å². The van der Waals surface area contributed by atoms with Crippen molar-refractivity contribution in [2.24, 2.45) is 0 Å². The molecular weight excluding hydrogens is 297 g/mol.